The van der Waals surface area contributed by atoms with E-state index in [0.29, 0.717) is 67.6 Å². The minimum absolute atomic E-state index is 0.0383. The van der Waals surface area contributed by atoms with Gasteiger partial charge in [0.05, 0.1) is 50.1 Å². The number of carbonyl (C=O) groups excluding carboxylic acids is 4. The summed E-state index contributed by atoms with van der Waals surface area (Å²) < 4.78 is 19.3. The summed E-state index contributed by atoms with van der Waals surface area (Å²) in [6, 6.07) is 20.0. The highest BCUT2D eigenvalue weighted by atomic mass is 16.6. The Balaban J connectivity index is 1.26. The lowest BCUT2D eigenvalue weighted by molar-refractivity contribution is -0.145. The molecule has 0 radical (unpaired) electrons. The number of hydrogen-bond donors (Lipinski definition) is 4. The van der Waals surface area contributed by atoms with Gasteiger partial charge >= 0.3 is 18.0 Å². The molecule has 1 aliphatic rings. The van der Waals surface area contributed by atoms with E-state index in [0.717, 1.165) is 31.1 Å². The summed E-state index contributed by atoms with van der Waals surface area (Å²) in [5.41, 5.74) is 4.13. The van der Waals surface area contributed by atoms with Gasteiger partial charge in [0, 0.05) is 71.4 Å². The maximum absolute atomic E-state index is 14.5. The third kappa shape index (κ3) is 13.7. The van der Waals surface area contributed by atoms with Crippen LogP contribution in [-0.2, 0) is 41.6 Å². The quantitative estimate of drug-likeness (QED) is 0.0779. The Labute approximate surface area is 375 Å². The first-order chi connectivity index (χ1) is 31.3. The number of likely N-dealkylation sites (N-methyl/N-ethyl adjacent to an activating group) is 1. The van der Waals surface area contributed by atoms with Gasteiger partial charge in [-0.2, -0.15) is 0 Å². The number of rotatable bonds is 22. The minimum Gasteiger partial charge on any atom is -0.481 e. The molecule has 6 rings (SSSR count). The van der Waals surface area contributed by atoms with Crippen molar-refractivity contribution in [3.05, 3.63) is 108 Å². The molecule has 344 valence electrons. The van der Waals surface area contributed by atoms with Crippen molar-refractivity contribution in [2.24, 2.45) is 0 Å². The fourth-order valence-corrected chi connectivity index (χ4v) is 7.49. The summed E-state index contributed by atoms with van der Waals surface area (Å²) in [4.78, 5) is 91.1. The van der Waals surface area contributed by atoms with E-state index in [1.54, 1.807) is 27.8 Å². The van der Waals surface area contributed by atoms with E-state index in [1.807, 2.05) is 66.7 Å². The van der Waals surface area contributed by atoms with E-state index < -0.39 is 60.7 Å². The maximum atomic E-state index is 14.5. The highest BCUT2D eigenvalue weighted by Crippen LogP contribution is 2.30. The van der Waals surface area contributed by atoms with Crippen LogP contribution in [0.15, 0.2) is 89.7 Å². The summed E-state index contributed by atoms with van der Waals surface area (Å²) in [5, 5.41) is 23.4. The first-order valence-electron chi connectivity index (χ1n) is 21.4. The standard InChI is InChI=1S/C46H54N8O11/c1-31(55)47-36(28-40(56)57)43(60)50-37(29-41(58)59)44(61)51(2)17-10-19-53(20-11-18-52-21-24-63-25-22-52)46(62)65-45-38(27-34-16-9-23-64-34)49-42-35(26-32-12-5-3-6-13-32)48-39(30-54(42)45)33-14-7-4-8-15-33/h3-9,12-16,23,30,36-37H,10-11,17-22,24-29H2,1-2H3,(H,47,55)(H,50,60)(H,56,57)(H,58,59). The number of morpholine rings is 1. The van der Waals surface area contributed by atoms with Crippen LogP contribution in [0.2, 0.25) is 0 Å². The lowest BCUT2D eigenvalue weighted by Crippen LogP contribution is -2.55. The van der Waals surface area contributed by atoms with Gasteiger partial charge in [-0.15, -0.1) is 0 Å². The molecule has 19 heteroatoms. The van der Waals surface area contributed by atoms with Crippen molar-refractivity contribution in [1.82, 2.24) is 39.7 Å². The number of carbonyl (C=O) groups is 6. The number of aromatic nitrogens is 3. The molecule has 0 spiro atoms. The van der Waals surface area contributed by atoms with Crippen LogP contribution < -0.4 is 15.4 Å². The second-order valence-corrected chi connectivity index (χ2v) is 15.7. The molecule has 2 aromatic carbocycles. The van der Waals surface area contributed by atoms with Crippen LogP contribution in [-0.4, -0.2) is 147 Å². The maximum Gasteiger partial charge on any atom is 0.416 e. The van der Waals surface area contributed by atoms with E-state index in [4.69, 9.17) is 23.9 Å². The average Bonchev–Trinajstić information content (AvgIpc) is 3.93. The molecule has 2 atom stereocenters. The molecule has 0 aliphatic carbocycles. The number of nitrogens with one attached hydrogen (secondary N) is 2. The molecule has 5 aromatic rings. The molecular formula is C46H54N8O11. The van der Waals surface area contributed by atoms with E-state index in [1.165, 1.54) is 11.9 Å². The molecule has 4 N–H and O–H groups in total. The number of furan rings is 1. The van der Waals surface area contributed by atoms with Crippen LogP contribution in [0.25, 0.3) is 16.9 Å². The van der Waals surface area contributed by atoms with E-state index in [9.17, 15) is 39.0 Å². The average molecular weight is 895 g/mol. The van der Waals surface area contributed by atoms with Crippen molar-refractivity contribution < 1.29 is 52.9 Å². The van der Waals surface area contributed by atoms with E-state index in [2.05, 4.69) is 15.5 Å². The van der Waals surface area contributed by atoms with Crippen LogP contribution in [0, 0.1) is 0 Å². The number of carboxylic acids is 2. The van der Waals surface area contributed by atoms with Crippen LogP contribution in [0.1, 0.15) is 55.3 Å². The zero-order valence-electron chi connectivity index (χ0n) is 36.4. The topological polar surface area (TPSA) is 238 Å². The van der Waals surface area contributed by atoms with Crippen molar-refractivity contribution in [1.29, 1.82) is 0 Å². The number of benzene rings is 2. The molecule has 1 aliphatic heterocycles. The van der Waals surface area contributed by atoms with Gasteiger partial charge in [0.25, 0.3) is 0 Å². The van der Waals surface area contributed by atoms with Crippen molar-refractivity contribution >= 4 is 41.4 Å². The normalized spacial score (nSPS) is 13.7. The number of amides is 4. The van der Waals surface area contributed by atoms with E-state index >= 15 is 0 Å². The minimum atomic E-state index is -1.57. The Morgan fingerprint density at radius 3 is 2.14 bits per heavy atom. The number of nitrogens with zero attached hydrogens (tertiary/aromatic N) is 6. The SMILES string of the molecule is CC(=O)NC(CC(=O)O)C(=O)NC(CC(=O)O)C(=O)N(C)CCCN(CCCN1CCOCC1)C(=O)Oc1c(Cc2ccco2)nc2c(Cc3ccccc3)nc(-c3ccccc3)cn12. The molecule has 19 nitrogen and oxygen atoms in total. The predicted molar refractivity (Wildman–Crippen MR) is 235 cm³/mol. The number of imidazole rings is 1. The third-order valence-corrected chi connectivity index (χ3v) is 10.7. The second-order valence-electron chi connectivity index (χ2n) is 15.7. The smallest absolute Gasteiger partial charge is 0.416 e. The highest BCUT2D eigenvalue weighted by molar-refractivity contribution is 5.95. The van der Waals surface area contributed by atoms with Crippen LogP contribution in [0.3, 0.4) is 0 Å². The summed E-state index contributed by atoms with van der Waals surface area (Å²) >= 11 is 0. The van der Waals surface area contributed by atoms with Gasteiger partial charge in [0.2, 0.25) is 23.6 Å². The van der Waals surface area contributed by atoms with Crippen molar-refractivity contribution in [2.45, 2.75) is 57.5 Å². The molecule has 4 amide bonds. The Kier molecular flexibility index (Phi) is 16.8. The monoisotopic (exact) mass is 894 g/mol. The number of carboxylic acid groups (broad SMARTS) is 2. The Morgan fingerprint density at radius 1 is 0.800 bits per heavy atom. The van der Waals surface area contributed by atoms with Crippen LogP contribution in [0.4, 0.5) is 4.79 Å². The Hall–Kier alpha value is -7.12. The first kappa shape index (κ1) is 47.4. The molecule has 4 heterocycles. The molecule has 3 aromatic heterocycles. The van der Waals surface area contributed by atoms with Gasteiger partial charge in [-0.1, -0.05) is 60.7 Å². The molecule has 1 fully saturated rings. The van der Waals surface area contributed by atoms with Crippen molar-refractivity contribution in [2.75, 3.05) is 59.5 Å². The van der Waals surface area contributed by atoms with Gasteiger partial charge in [-0.3, -0.25) is 33.3 Å². The zero-order chi connectivity index (χ0) is 46.3. The first-order valence-corrected chi connectivity index (χ1v) is 21.4. The Bertz CT molecular complexity index is 2390. The predicted octanol–water partition coefficient (Wildman–Crippen LogP) is 3.48. The fourth-order valence-electron chi connectivity index (χ4n) is 7.49. The number of ether oxygens (including phenoxy) is 2. The molecular weight excluding hydrogens is 841 g/mol. The molecule has 2 unspecified atom stereocenters. The largest absolute Gasteiger partial charge is 0.481 e. The number of aliphatic carboxylic acids is 2. The van der Waals surface area contributed by atoms with Crippen LogP contribution in [0.5, 0.6) is 5.88 Å². The molecule has 65 heavy (non-hydrogen) atoms. The second kappa shape index (κ2) is 23.0. The van der Waals surface area contributed by atoms with Crippen molar-refractivity contribution in [3.8, 4) is 17.1 Å². The Morgan fingerprint density at radius 2 is 1.48 bits per heavy atom. The third-order valence-electron chi connectivity index (χ3n) is 10.7. The number of fused-ring (bicyclic) bond motifs is 1. The highest BCUT2D eigenvalue weighted by Gasteiger charge is 2.31. The fraction of sp³-hybridized carbons (Fsp3) is 0.391. The van der Waals surface area contributed by atoms with Gasteiger partial charge in [0.15, 0.2) is 5.65 Å². The van der Waals surface area contributed by atoms with Crippen LogP contribution >= 0.6 is 0 Å². The summed E-state index contributed by atoms with van der Waals surface area (Å²) in [5.74, 6) is -4.46. The lowest BCUT2D eigenvalue weighted by Gasteiger charge is -2.29. The lowest BCUT2D eigenvalue weighted by atomic mass is 10.1. The van der Waals surface area contributed by atoms with Gasteiger partial charge in [-0.05, 0) is 30.5 Å². The summed E-state index contributed by atoms with van der Waals surface area (Å²) in [7, 11) is 1.43. The van der Waals surface area contributed by atoms with E-state index in [-0.39, 0.29) is 31.8 Å². The van der Waals surface area contributed by atoms with Crippen molar-refractivity contribution in [3.63, 3.8) is 0 Å². The summed E-state index contributed by atoms with van der Waals surface area (Å²) in [6.45, 7) is 4.98. The number of hydrogen-bond acceptors (Lipinski definition) is 12. The van der Waals surface area contributed by atoms with Gasteiger partial charge in [-0.25, -0.2) is 14.8 Å². The molecule has 0 saturated carbocycles. The zero-order valence-corrected chi connectivity index (χ0v) is 36.4. The molecule has 0 bridgehead atoms. The summed E-state index contributed by atoms with van der Waals surface area (Å²) in [6.07, 6.45) is 2.59. The molecule has 1 saturated heterocycles. The van der Waals surface area contributed by atoms with Gasteiger partial charge in [0.1, 0.15) is 23.5 Å². The van der Waals surface area contributed by atoms with Gasteiger partial charge < -0.3 is 44.5 Å².